The van der Waals surface area contributed by atoms with Gasteiger partial charge in [-0.1, -0.05) is 158 Å². The molecule has 0 saturated heterocycles. The lowest BCUT2D eigenvalue weighted by Gasteiger charge is -2.20. The Morgan fingerprint density at radius 1 is 0.255 bits per heavy atom. The highest BCUT2D eigenvalue weighted by atomic mass is 32.1. The molecule has 0 aliphatic heterocycles. The Kier molecular flexibility index (Phi) is 5.85. The number of hydrogen-bond donors (Lipinski definition) is 0. The van der Waals surface area contributed by atoms with Crippen molar-refractivity contribution in [1.29, 1.82) is 0 Å². The smallest absolute Gasteiger partial charge is 0.0361 e. The number of hydrogen-bond acceptors (Lipinski definition) is 1. The van der Waals surface area contributed by atoms with Gasteiger partial charge in [0.2, 0.25) is 0 Å². The molecule has 0 saturated carbocycles. The Balaban J connectivity index is 1.27. The Labute approximate surface area is 276 Å². The predicted octanol–water partition coefficient (Wildman–Crippen LogP) is 13.7. The quantitative estimate of drug-likeness (QED) is 0.174. The standard InChI is InChI=1S/C46H28S/c1-2-13-29(14-3-1)44-36-17-6-8-19-38(36)45(39-20-9-7-18-37(39)44)40-26-25-33(30-15-4-5-16-32(30)40)31-22-12-23-35-34(31)27-28-43-46(35)41-21-10-11-24-42(41)47-43/h1-28H. The first-order valence-electron chi connectivity index (χ1n) is 16.2. The Morgan fingerprint density at radius 3 is 1.45 bits per heavy atom. The lowest BCUT2D eigenvalue weighted by molar-refractivity contribution is 1.66. The molecule has 10 rings (SSSR count). The lowest BCUT2D eigenvalue weighted by atomic mass is 9.83. The van der Waals surface area contributed by atoms with Crippen molar-refractivity contribution in [2.24, 2.45) is 0 Å². The van der Waals surface area contributed by atoms with Gasteiger partial charge in [-0.3, -0.25) is 0 Å². The molecule has 1 heteroatoms. The minimum atomic E-state index is 1.25. The van der Waals surface area contributed by atoms with Crippen molar-refractivity contribution in [2.75, 3.05) is 0 Å². The summed E-state index contributed by atoms with van der Waals surface area (Å²) < 4.78 is 2.68. The van der Waals surface area contributed by atoms with Gasteiger partial charge in [0, 0.05) is 20.2 Å². The second kappa shape index (κ2) is 10.4. The van der Waals surface area contributed by atoms with Crippen molar-refractivity contribution in [1.82, 2.24) is 0 Å². The van der Waals surface area contributed by atoms with Gasteiger partial charge in [0.15, 0.2) is 0 Å². The minimum Gasteiger partial charge on any atom is -0.135 e. The summed E-state index contributed by atoms with van der Waals surface area (Å²) in [5, 5.41) is 13.0. The van der Waals surface area contributed by atoms with E-state index in [4.69, 9.17) is 0 Å². The molecule has 0 fully saturated rings. The fraction of sp³-hybridized carbons (Fsp3) is 0. The highest BCUT2D eigenvalue weighted by molar-refractivity contribution is 7.26. The zero-order valence-corrected chi connectivity index (χ0v) is 26.4. The molecule has 1 aromatic heterocycles. The van der Waals surface area contributed by atoms with Crippen molar-refractivity contribution in [3.05, 3.63) is 170 Å². The average Bonchev–Trinajstić information content (AvgIpc) is 3.53. The van der Waals surface area contributed by atoms with Crippen molar-refractivity contribution in [2.45, 2.75) is 0 Å². The van der Waals surface area contributed by atoms with Crippen molar-refractivity contribution in [3.63, 3.8) is 0 Å². The van der Waals surface area contributed by atoms with Gasteiger partial charge in [-0.2, -0.15) is 0 Å². The molecule has 0 unspecified atom stereocenters. The number of fused-ring (bicyclic) bond motifs is 8. The van der Waals surface area contributed by atoms with Crippen LogP contribution in [0.5, 0.6) is 0 Å². The van der Waals surface area contributed by atoms with E-state index < -0.39 is 0 Å². The number of thiophene rings is 1. The normalized spacial score (nSPS) is 11.8. The molecule has 0 aliphatic rings. The molecule has 0 bridgehead atoms. The van der Waals surface area contributed by atoms with E-state index >= 15 is 0 Å². The first-order chi connectivity index (χ1) is 23.3. The van der Waals surface area contributed by atoms with Gasteiger partial charge in [0.1, 0.15) is 0 Å². The minimum absolute atomic E-state index is 1.25. The van der Waals surface area contributed by atoms with E-state index in [0.717, 1.165) is 0 Å². The Hall–Kier alpha value is -5.76. The van der Waals surface area contributed by atoms with Crippen LogP contribution >= 0.6 is 11.3 Å². The highest BCUT2D eigenvalue weighted by Gasteiger charge is 2.19. The van der Waals surface area contributed by atoms with Crippen LogP contribution in [0.2, 0.25) is 0 Å². The second-order valence-corrected chi connectivity index (χ2v) is 13.4. The molecule has 10 aromatic rings. The largest absolute Gasteiger partial charge is 0.135 e. The molecule has 47 heavy (non-hydrogen) atoms. The summed E-state index contributed by atoms with van der Waals surface area (Å²) >= 11 is 1.88. The highest BCUT2D eigenvalue weighted by Crippen LogP contribution is 2.47. The zero-order chi connectivity index (χ0) is 30.9. The zero-order valence-electron chi connectivity index (χ0n) is 25.6. The van der Waals surface area contributed by atoms with Gasteiger partial charge in [-0.25, -0.2) is 0 Å². The molecule has 0 spiro atoms. The van der Waals surface area contributed by atoms with Crippen molar-refractivity contribution >= 4 is 74.6 Å². The van der Waals surface area contributed by atoms with Crippen LogP contribution in [0.25, 0.3) is 96.6 Å². The van der Waals surface area contributed by atoms with Crippen LogP contribution in [0.15, 0.2) is 170 Å². The molecular formula is C46H28S. The van der Waals surface area contributed by atoms with E-state index in [0.29, 0.717) is 0 Å². The second-order valence-electron chi connectivity index (χ2n) is 12.4. The molecule has 0 radical (unpaired) electrons. The fourth-order valence-corrected chi connectivity index (χ4v) is 9.02. The predicted molar refractivity (Wildman–Crippen MR) is 206 cm³/mol. The summed E-state index contributed by atoms with van der Waals surface area (Å²) in [6.45, 7) is 0. The molecular weight excluding hydrogens is 585 g/mol. The third-order valence-corrected chi connectivity index (χ3v) is 11.0. The van der Waals surface area contributed by atoms with Crippen LogP contribution in [0, 0.1) is 0 Å². The maximum Gasteiger partial charge on any atom is 0.0361 e. The lowest BCUT2D eigenvalue weighted by Crippen LogP contribution is -1.92. The van der Waals surface area contributed by atoms with Crippen LogP contribution in [0.3, 0.4) is 0 Å². The molecule has 0 N–H and O–H groups in total. The van der Waals surface area contributed by atoms with Gasteiger partial charge in [-0.05, 0) is 88.6 Å². The van der Waals surface area contributed by atoms with Crippen LogP contribution < -0.4 is 0 Å². The summed E-state index contributed by atoms with van der Waals surface area (Å²) in [6, 6.07) is 62.7. The molecule has 0 aliphatic carbocycles. The van der Waals surface area contributed by atoms with Gasteiger partial charge in [-0.15, -0.1) is 11.3 Å². The van der Waals surface area contributed by atoms with Gasteiger partial charge < -0.3 is 0 Å². The Morgan fingerprint density at radius 2 is 0.745 bits per heavy atom. The summed E-state index contributed by atoms with van der Waals surface area (Å²) in [5.41, 5.74) is 7.64. The van der Waals surface area contributed by atoms with Crippen LogP contribution in [0.1, 0.15) is 0 Å². The van der Waals surface area contributed by atoms with Gasteiger partial charge in [0.05, 0.1) is 0 Å². The van der Waals surface area contributed by atoms with E-state index in [1.807, 2.05) is 11.3 Å². The van der Waals surface area contributed by atoms with Crippen molar-refractivity contribution < 1.29 is 0 Å². The van der Waals surface area contributed by atoms with Crippen LogP contribution in [-0.2, 0) is 0 Å². The van der Waals surface area contributed by atoms with Gasteiger partial charge in [0.25, 0.3) is 0 Å². The van der Waals surface area contributed by atoms with Crippen LogP contribution in [-0.4, -0.2) is 0 Å². The molecule has 0 nitrogen and oxygen atoms in total. The average molecular weight is 613 g/mol. The first-order valence-corrected chi connectivity index (χ1v) is 17.0. The summed E-state index contributed by atoms with van der Waals surface area (Å²) in [7, 11) is 0. The monoisotopic (exact) mass is 612 g/mol. The summed E-state index contributed by atoms with van der Waals surface area (Å²) in [6.07, 6.45) is 0. The third kappa shape index (κ3) is 3.94. The number of benzene rings is 9. The Bertz CT molecular complexity index is 2780. The van der Waals surface area contributed by atoms with Gasteiger partial charge >= 0.3 is 0 Å². The maximum absolute atomic E-state index is 2.37. The van der Waals surface area contributed by atoms with Crippen molar-refractivity contribution in [3.8, 4) is 33.4 Å². The van der Waals surface area contributed by atoms with E-state index in [9.17, 15) is 0 Å². The van der Waals surface area contributed by atoms with E-state index in [1.54, 1.807) is 0 Å². The fourth-order valence-electron chi connectivity index (χ4n) is 7.90. The molecule has 9 aromatic carbocycles. The first kappa shape index (κ1) is 26.5. The molecule has 218 valence electrons. The summed E-state index contributed by atoms with van der Waals surface area (Å²) in [5.74, 6) is 0. The van der Waals surface area contributed by atoms with E-state index in [2.05, 4.69) is 170 Å². The molecule has 0 amide bonds. The summed E-state index contributed by atoms with van der Waals surface area (Å²) in [4.78, 5) is 0. The van der Waals surface area contributed by atoms with E-state index in [-0.39, 0.29) is 0 Å². The SMILES string of the molecule is c1ccc(-c2c3ccccc3c(-c3ccc(-c4cccc5c4ccc4sc6ccccc6c45)c4ccccc34)c3ccccc23)cc1. The third-order valence-electron chi connectivity index (χ3n) is 9.88. The van der Waals surface area contributed by atoms with Crippen LogP contribution in [0.4, 0.5) is 0 Å². The topological polar surface area (TPSA) is 0 Å². The number of rotatable bonds is 3. The maximum atomic E-state index is 2.37. The molecule has 1 heterocycles. The molecule has 0 atom stereocenters. The van der Waals surface area contributed by atoms with E-state index in [1.165, 1.54) is 96.6 Å².